The molecule has 1 aliphatic carbocycles. The molecule has 0 saturated carbocycles. The molecule has 3 rings (SSSR count). The van der Waals surface area contributed by atoms with Crippen molar-refractivity contribution in [1.29, 1.82) is 0 Å². The van der Waals surface area contributed by atoms with Crippen LogP contribution in [-0.2, 0) is 17.6 Å². The normalized spacial score (nSPS) is 13.0. The van der Waals surface area contributed by atoms with Gasteiger partial charge in [-0.05, 0) is 37.8 Å². The fourth-order valence-electron chi connectivity index (χ4n) is 2.86. The zero-order valence-corrected chi connectivity index (χ0v) is 12.3. The van der Waals surface area contributed by atoms with E-state index in [9.17, 15) is 9.59 Å². The quantitative estimate of drug-likeness (QED) is 0.895. The molecule has 2 N–H and O–H groups in total. The van der Waals surface area contributed by atoms with Gasteiger partial charge >= 0.3 is 5.97 Å². The number of carboxylic acid groups (broad SMARTS) is 1. The van der Waals surface area contributed by atoms with Gasteiger partial charge in [0.05, 0.1) is 5.69 Å². The van der Waals surface area contributed by atoms with Gasteiger partial charge in [-0.2, -0.15) is 5.10 Å². The molecule has 0 spiro atoms. The SMILES string of the molecule is Cc1ccccc1-n1nc(C(=O)NCC(=O)O)c2c1CCC2. The van der Waals surface area contributed by atoms with Gasteiger partial charge in [0.25, 0.3) is 5.91 Å². The average Bonchev–Trinajstić information content (AvgIpc) is 3.07. The van der Waals surface area contributed by atoms with Crippen molar-refractivity contribution in [3.63, 3.8) is 0 Å². The number of nitrogens with zero attached hydrogens (tertiary/aromatic N) is 2. The summed E-state index contributed by atoms with van der Waals surface area (Å²) in [6.07, 6.45) is 2.66. The number of para-hydroxylation sites is 1. The smallest absolute Gasteiger partial charge is 0.322 e. The van der Waals surface area contributed by atoms with Crippen LogP contribution in [0.25, 0.3) is 5.69 Å². The van der Waals surface area contributed by atoms with Gasteiger partial charge < -0.3 is 10.4 Å². The molecule has 6 heteroatoms. The van der Waals surface area contributed by atoms with E-state index >= 15 is 0 Å². The molecule has 0 bridgehead atoms. The van der Waals surface area contributed by atoms with E-state index in [0.717, 1.165) is 41.8 Å². The van der Waals surface area contributed by atoms with Crippen molar-refractivity contribution >= 4 is 11.9 Å². The first kappa shape index (κ1) is 14.3. The Morgan fingerprint density at radius 2 is 2.09 bits per heavy atom. The van der Waals surface area contributed by atoms with Crippen molar-refractivity contribution in [3.8, 4) is 5.69 Å². The Kier molecular flexibility index (Phi) is 3.66. The van der Waals surface area contributed by atoms with Gasteiger partial charge in [0.1, 0.15) is 6.54 Å². The Bertz CT molecular complexity index is 749. The second kappa shape index (κ2) is 5.63. The molecular weight excluding hydrogens is 282 g/mol. The van der Waals surface area contributed by atoms with E-state index in [1.54, 1.807) is 0 Å². The highest BCUT2D eigenvalue weighted by molar-refractivity contribution is 5.95. The van der Waals surface area contributed by atoms with Gasteiger partial charge in [-0.3, -0.25) is 9.59 Å². The van der Waals surface area contributed by atoms with E-state index in [-0.39, 0.29) is 0 Å². The number of rotatable bonds is 4. The summed E-state index contributed by atoms with van der Waals surface area (Å²) in [5, 5.41) is 15.5. The summed E-state index contributed by atoms with van der Waals surface area (Å²) in [7, 11) is 0. The molecule has 1 aromatic carbocycles. The average molecular weight is 299 g/mol. The molecule has 0 radical (unpaired) electrons. The first-order chi connectivity index (χ1) is 10.6. The molecule has 0 saturated heterocycles. The van der Waals surface area contributed by atoms with E-state index in [2.05, 4.69) is 10.4 Å². The Morgan fingerprint density at radius 3 is 2.82 bits per heavy atom. The number of benzene rings is 1. The minimum atomic E-state index is -1.07. The van der Waals surface area contributed by atoms with Crippen LogP contribution in [0.4, 0.5) is 0 Å². The lowest BCUT2D eigenvalue weighted by Gasteiger charge is -2.08. The van der Waals surface area contributed by atoms with E-state index in [1.807, 2.05) is 35.9 Å². The lowest BCUT2D eigenvalue weighted by atomic mass is 10.2. The third kappa shape index (κ3) is 2.47. The number of aryl methyl sites for hydroxylation is 1. The second-order valence-electron chi connectivity index (χ2n) is 5.40. The van der Waals surface area contributed by atoms with Crippen molar-refractivity contribution in [2.45, 2.75) is 26.2 Å². The number of hydrogen-bond donors (Lipinski definition) is 2. The number of amides is 1. The molecule has 6 nitrogen and oxygen atoms in total. The summed E-state index contributed by atoms with van der Waals surface area (Å²) in [5.41, 5.74) is 4.37. The number of carboxylic acids is 1. The fourth-order valence-corrected chi connectivity index (χ4v) is 2.86. The molecule has 0 atom stereocenters. The van der Waals surface area contributed by atoms with Gasteiger partial charge in [-0.25, -0.2) is 4.68 Å². The van der Waals surface area contributed by atoms with Crippen molar-refractivity contribution in [2.24, 2.45) is 0 Å². The monoisotopic (exact) mass is 299 g/mol. The van der Waals surface area contributed by atoms with Gasteiger partial charge in [0, 0.05) is 11.3 Å². The lowest BCUT2D eigenvalue weighted by Crippen LogP contribution is -2.30. The maximum atomic E-state index is 12.2. The first-order valence-corrected chi connectivity index (χ1v) is 7.24. The third-order valence-electron chi connectivity index (χ3n) is 3.89. The lowest BCUT2D eigenvalue weighted by molar-refractivity contribution is -0.135. The molecule has 1 amide bonds. The summed E-state index contributed by atoms with van der Waals surface area (Å²) in [5.74, 6) is -1.49. The molecule has 1 aliphatic rings. The molecule has 0 fully saturated rings. The van der Waals surface area contributed by atoms with E-state index in [0.29, 0.717) is 5.69 Å². The highest BCUT2D eigenvalue weighted by Gasteiger charge is 2.27. The van der Waals surface area contributed by atoms with E-state index in [4.69, 9.17) is 5.11 Å². The standard InChI is InChI=1S/C16H17N3O3/c1-10-5-2-3-7-12(10)19-13-8-4-6-11(13)15(18-19)16(22)17-9-14(20)21/h2-3,5,7H,4,6,8-9H2,1H3,(H,17,22)(H,20,21). The number of aromatic nitrogens is 2. The van der Waals surface area contributed by atoms with Crippen molar-refractivity contribution in [1.82, 2.24) is 15.1 Å². The van der Waals surface area contributed by atoms with Crippen molar-refractivity contribution in [2.75, 3.05) is 6.54 Å². The Morgan fingerprint density at radius 1 is 1.32 bits per heavy atom. The van der Waals surface area contributed by atoms with Crippen LogP contribution in [-0.4, -0.2) is 33.3 Å². The number of fused-ring (bicyclic) bond motifs is 1. The zero-order valence-electron chi connectivity index (χ0n) is 12.3. The Hall–Kier alpha value is -2.63. The van der Waals surface area contributed by atoms with Crippen LogP contribution in [0.15, 0.2) is 24.3 Å². The molecule has 1 heterocycles. The van der Waals surface area contributed by atoms with Crippen LogP contribution in [0.1, 0.15) is 33.7 Å². The second-order valence-corrected chi connectivity index (χ2v) is 5.40. The van der Waals surface area contributed by atoms with Crippen LogP contribution in [0.5, 0.6) is 0 Å². The fraction of sp³-hybridized carbons (Fsp3) is 0.312. The van der Waals surface area contributed by atoms with Crippen LogP contribution in [0.3, 0.4) is 0 Å². The molecular formula is C16H17N3O3. The largest absolute Gasteiger partial charge is 0.480 e. The van der Waals surface area contributed by atoms with Crippen LogP contribution in [0, 0.1) is 6.92 Å². The minimum Gasteiger partial charge on any atom is -0.480 e. The molecule has 0 unspecified atom stereocenters. The predicted octanol–water partition coefficient (Wildman–Crippen LogP) is 1.48. The minimum absolute atomic E-state index is 0.344. The summed E-state index contributed by atoms with van der Waals surface area (Å²) in [6, 6.07) is 7.88. The number of carbonyl (C=O) groups is 2. The van der Waals surface area contributed by atoms with Crippen molar-refractivity contribution < 1.29 is 14.7 Å². The number of aliphatic carboxylic acids is 1. The number of hydrogen-bond acceptors (Lipinski definition) is 3. The highest BCUT2D eigenvalue weighted by atomic mass is 16.4. The van der Waals surface area contributed by atoms with Gasteiger partial charge in [0.15, 0.2) is 5.69 Å². The summed E-state index contributed by atoms with van der Waals surface area (Å²) in [4.78, 5) is 22.8. The molecule has 22 heavy (non-hydrogen) atoms. The maximum absolute atomic E-state index is 12.2. The Labute approximate surface area is 127 Å². The topological polar surface area (TPSA) is 84.2 Å². The number of carbonyl (C=O) groups excluding carboxylic acids is 1. The first-order valence-electron chi connectivity index (χ1n) is 7.24. The highest BCUT2D eigenvalue weighted by Crippen LogP contribution is 2.28. The Balaban J connectivity index is 2.01. The number of nitrogens with one attached hydrogen (secondary N) is 1. The van der Waals surface area contributed by atoms with Gasteiger partial charge in [-0.15, -0.1) is 0 Å². The van der Waals surface area contributed by atoms with Crippen LogP contribution >= 0.6 is 0 Å². The van der Waals surface area contributed by atoms with Crippen molar-refractivity contribution in [3.05, 3.63) is 46.8 Å². The van der Waals surface area contributed by atoms with Gasteiger partial charge in [-0.1, -0.05) is 18.2 Å². The predicted molar refractivity (Wildman–Crippen MR) is 80.3 cm³/mol. The van der Waals surface area contributed by atoms with Crippen LogP contribution in [0.2, 0.25) is 0 Å². The molecule has 1 aromatic heterocycles. The summed E-state index contributed by atoms with van der Waals surface area (Å²) in [6.45, 7) is 1.60. The zero-order chi connectivity index (χ0) is 15.7. The third-order valence-corrected chi connectivity index (χ3v) is 3.89. The molecule has 2 aromatic rings. The van der Waals surface area contributed by atoms with Gasteiger partial charge in [0.2, 0.25) is 0 Å². The summed E-state index contributed by atoms with van der Waals surface area (Å²) < 4.78 is 1.83. The van der Waals surface area contributed by atoms with Crippen LogP contribution < -0.4 is 5.32 Å². The summed E-state index contributed by atoms with van der Waals surface area (Å²) >= 11 is 0. The molecule has 0 aliphatic heterocycles. The molecule has 114 valence electrons. The van der Waals surface area contributed by atoms with E-state index < -0.39 is 18.4 Å². The maximum Gasteiger partial charge on any atom is 0.322 e. The van der Waals surface area contributed by atoms with E-state index in [1.165, 1.54) is 0 Å².